The summed E-state index contributed by atoms with van der Waals surface area (Å²) in [6.45, 7) is 1.94. The number of hydrogen-bond acceptors (Lipinski definition) is 2. The fourth-order valence-electron chi connectivity index (χ4n) is 1.88. The van der Waals surface area contributed by atoms with Crippen molar-refractivity contribution >= 4 is 0 Å². The Hall–Kier alpha value is -1.88. The summed E-state index contributed by atoms with van der Waals surface area (Å²) >= 11 is 0. The average Bonchev–Trinajstić information content (AvgIpc) is 2.40. The molecule has 1 heterocycles. The molecule has 20 heavy (non-hydrogen) atoms. The molecular weight excluding hydrogens is 265 g/mol. The minimum atomic E-state index is -4.32. The second-order valence-corrected chi connectivity index (χ2v) is 4.76. The van der Waals surface area contributed by atoms with Gasteiger partial charge in [0.15, 0.2) is 0 Å². The van der Waals surface area contributed by atoms with Gasteiger partial charge in [-0.3, -0.25) is 4.98 Å². The van der Waals surface area contributed by atoms with Crippen molar-refractivity contribution in [1.29, 1.82) is 0 Å². The number of rotatable bonds is 3. The van der Waals surface area contributed by atoms with E-state index in [0.29, 0.717) is 12.0 Å². The average molecular weight is 280 g/mol. The van der Waals surface area contributed by atoms with E-state index < -0.39 is 11.7 Å². The Kier molecular flexibility index (Phi) is 4.09. The number of benzene rings is 1. The van der Waals surface area contributed by atoms with Gasteiger partial charge < -0.3 is 5.73 Å². The number of nitrogens with two attached hydrogens (primary N) is 1. The van der Waals surface area contributed by atoms with Crippen LogP contribution in [0.25, 0.3) is 0 Å². The first-order valence-corrected chi connectivity index (χ1v) is 6.20. The van der Waals surface area contributed by atoms with E-state index in [1.165, 1.54) is 12.1 Å². The minimum absolute atomic E-state index is 0.368. The Morgan fingerprint density at radius 1 is 1.10 bits per heavy atom. The Morgan fingerprint density at radius 2 is 1.75 bits per heavy atom. The van der Waals surface area contributed by atoms with Crippen LogP contribution in [0.5, 0.6) is 0 Å². The van der Waals surface area contributed by atoms with E-state index in [9.17, 15) is 13.2 Å². The number of pyridine rings is 1. The van der Waals surface area contributed by atoms with Crippen molar-refractivity contribution in [1.82, 2.24) is 4.98 Å². The molecule has 0 saturated heterocycles. The number of hydrogen-bond donors (Lipinski definition) is 1. The van der Waals surface area contributed by atoms with Crippen LogP contribution in [0, 0.1) is 6.92 Å². The highest BCUT2D eigenvalue weighted by atomic mass is 19.4. The van der Waals surface area contributed by atoms with E-state index in [0.717, 1.165) is 23.4 Å². The van der Waals surface area contributed by atoms with Crippen molar-refractivity contribution in [3.05, 3.63) is 65.0 Å². The molecule has 2 aromatic rings. The van der Waals surface area contributed by atoms with Gasteiger partial charge in [0.1, 0.15) is 0 Å². The maximum Gasteiger partial charge on any atom is 0.416 e. The zero-order chi connectivity index (χ0) is 14.8. The quantitative estimate of drug-likeness (QED) is 0.932. The van der Waals surface area contributed by atoms with Crippen molar-refractivity contribution in [2.75, 3.05) is 0 Å². The molecule has 1 unspecified atom stereocenters. The van der Waals surface area contributed by atoms with Gasteiger partial charge in [0.05, 0.1) is 5.56 Å². The summed E-state index contributed by atoms with van der Waals surface area (Å²) < 4.78 is 37.4. The van der Waals surface area contributed by atoms with Crippen molar-refractivity contribution in [3.8, 4) is 0 Å². The van der Waals surface area contributed by atoms with Gasteiger partial charge in [-0.25, -0.2) is 0 Å². The largest absolute Gasteiger partial charge is 0.416 e. The van der Waals surface area contributed by atoms with E-state index in [1.54, 1.807) is 6.20 Å². The molecule has 106 valence electrons. The zero-order valence-corrected chi connectivity index (χ0v) is 11.0. The summed E-state index contributed by atoms with van der Waals surface area (Å²) in [6.07, 6.45) is -2.08. The van der Waals surface area contributed by atoms with Gasteiger partial charge >= 0.3 is 6.18 Å². The van der Waals surface area contributed by atoms with Gasteiger partial charge in [0.25, 0.3) is 0 Å². The van der Waals surface area contributed by atoms with Crippen molar-refractivity contribution in [2.45, 2.75) is 25.6 Å². The fraction of sp³-hybridized carbons (Fsp3) is 0.267. The smallest absolute Gasteiger partial charge is 0.324 e. The molecule has 0 aliphatic rings. The minimum Gasteiger partial charge on any atom is -0.324 e. The number of aromatic nitrogens is 1. The predicted molar refractivity (Wildman–Crippen MR) is 71.1 cm³/mol. The van der Waals surface area contributed by atoms with Crippen LogP contribution in [0.4, 0.5) is 13.2 Å². The molecule has 0 fully saturated rings. The van der Waals surface area contributed by atoms with Crippen LogP contribution in [0.1, 0.15) is 28.4 Å². The molecular formula is C15H15F3N2. The number of alkyl halides is 3. The molecule has 2 rings (SSSR count). The second-order valence-electron chi connectivity index (χ2n) is 4.76. The number of halogens is 3. The molecule has 0 saturated carbocycles. The normalized spacial score (nSPS) is 13.2. The van der Waals surface area contributed by atoms with Crippen LogP contribution < -0.4 is 5.73 Å². The summed E-state index contributed by atoms with van der Waals surface area (Å²) in [5, 5.41) is 0. The SMILES string of the molecule is Cc1ccc(CC(N)c2ccc(C(F)(F)F)cc2)nc1. The van der Waals surface area contributed by atoms with E-state index in [2.05, 4.69) is 4.98 Å². The molecule has 1 aromatic heterocycles. The monoisotopic (exact) mass is 280 g/mol. The topological polar surface area (TPSA) is 38.9 Å². The first-order valence-electron chi connectivity index (χ1n) is 6.20. The van der Waals surface area contributed by atoms with Crippen molar-refractivity contribution in [3.63, 3.8) is 0 Å². The molecule has 0 bridgehead atoms. The maximum absolute atomic E-state index is 12.5. The lowest BCUT2D eigenvalue weighted by atomic mass is 10.0. The number of aryl methyl sites for hydroxylation is 1. The van der Waals surface area contributed by atoms with Gasteiger partial charge in [0, 0.05) is 24.4 Å². The second kappa shape index (κ2) is 5.63. The Balaban J connectivity index is 2.09. The van der Waals surface area contributed by atoms with E-state index in [-0.39, 0.29) is 6.04 Å². The summed E-state index contributed by atoms with van der Waals surface area (Å²) in [5.41, 5.74) is 7.88. The molecule has 0 radical (unpaired) electrons. The van der Waals surface area contributed by atoms with Gasteiger partial charge in [-0.2, -0.15) is 13.2 Å². The Morgan fingerprint density at radius 3 is 2.25 bits per heavy atom. The Bertz CT molecular complexity index is 559. The first-order chi connectivity index (χ1) is 9.36. The summed E-state index contributed by atoms with van der Waals surface area (Å²) in [7, 11) is 0. The maximum atomic E-state index is 12.5. The van der Waals surface area contributed by atoms with Crippen LogP contribution >= 0.6 is 0 Å². The molecule has 0 amide bonds. The van der Waals surface area contributed by atoms with E-state index in [4.69, 9.17) is 5.73 Å². The van der Waals surface area contributed by atoms with Gasteiger partial charge in [-0.05, 0) is 36.2 Å². The molecule has 2 nitrogen and oxygen atoms in total. The van der Waals surface area contributed by atoms with Gasteiger partial charge in [-0.1, -0.05) is 18.2 Å². The third-order valence-corrected chi connectivity index (χ3v) is 3.07. The molecule has 0 aliphatic carbocycles. The van der Waals surface area contributed by atoms with E-state index in [1.807, 2.05) is 19.1 Å². The molecule has 2 N–H and O–H groups in total. The predicted octanol–water partition coefficient (Wildman–Crippen LogP) is 3.65. The zero-order valence-electron chi connectivity index (χ0n) is 11.0. The third kappa shape index (κ3) is 3.57. The summed E-state index contributed by atoms with van der Waals surface area (Å²) in [4.78, 5) is 4.24. The first kappa shape index (κ1) is 14.5. The third-order valence-electron chi connectivity index (χ3n) is 3.07. The molecule has 0 aliphatic heterocycles. The van der Waals surface area contributed by atoms with Crippen LogP contribution in [0.2, 0.25) is 0 Å². The molecule has 1 aromatic carbocycles. The highest BCUT2D eigenvalue weighted by Gasteiger charge is 2.30. The van der Waals surface area contributed by atoms with E-state index >= 15 is 0 Å². The van der Waals surface area contributed by atoms with Crippen LogP contribution in [0.3, 0.4) is 0 Å². The Labute approximate surface area is 115 Å². The van der Waals surface area contributed by atoms with Gasteiger partial charge in [-0.15, -0.1) is 0 Å². The summed E-state index contributed by atoms with van der Waals surface area (Å²) in [5.74, 6) is 0. The summed E-state index contributed by atoms with van der Waals surface area (Å²) in [6, 6.07) is 8.38. The van der Waals surface area contributed by atoms with Crippen molar-refractivity contribution < 1.29 is 13.2 Å². The fourth-order valence-corrected chi connectivity index (χ4v) is 1.88. The number of nitrogens with zero attached hydrogens (tertiary/aromatic N) is 1. The van der Waals surface area contributed by atoms with Crippen LogP contribution in [0.15, 0.2) is 42.6 Å². The highest BCUT2D eigenvalue weighted by Crippen LogP contribution is 2.30. The van der Waals surface area contributed by atoms with Gasteiger partial charge in [0.2, 0.25) is 0 Å². The molecule has 1 atom stereocenters. The van der Waals surface area contributed by atoms with Crippen LogP contribution in [-0.4, -0.2) is 4.98 Å². The standard InChI is InChI=1S/C15H15F3N2/c1-10-2-7-13(20-9-10)8-14(19)11-3-5-12(6-4-11)15(16,17)18/h2-7,9,14H,8,19H2,1H3. The molecule has 0 spiro atoms. The van der Waals surface area contributed by atoms with Crippen molar-refractivity contribution in [2.24, 2.45) is 5.73 Å². The van der Waals surface area contributed by atoms with Crippen LogP contribution in [-0.2, 0) is 12.6 Å². The lowest BCUT2D eigenvalue weighted by molar-refractivity contribution is -0.137. The lowest BCUT2D eigenvalue weighted by Crippen LogP contribution is -2.14. The molecule has 5 heteroatoms. The highest BCUT2D eigenvalue weighted by molar-refractivity contribution is 5.27. The lowest BCUT2D eigenvalue weighted by Gasteiger charge is -2.13.